The smallest absolute Gasteiger partial charge is 0.162 e. The minimum atomic E-state index is -0.326. The van der Waals surface area contributed by atoms with Crippen LogP contribution in [0.1, 0.15) is 28.8 Å². The Morgan fingerprint density at radius 2 is 1.70 bits per heavy atom. The number of ether oxygens (including phenoxy) is 1. The van der Waals surface area contributed by atoms with E-state index in [1.165, 1.54) is 24.3 Å². The predicted molar refractivity (Wildman–Crippen MR) is 76.1 cm³/mol. The van der Waals surface area contributed by atoms with Gasteiger partial charge in [-0.3, -0.25) is 4.79 Å². The third kappa shape index (κ3) is 4.59. The number of halogens is 1. The lowest BCUT2D eigenvalue weighted by atomic mass is 10.1. The molecule has 2 aromatic carbocycles. The molecular weight excluding hydrogens is 255 g/mol. The van der Waals surface area contributed by atoms with Crippen molar-refractivity contribution in [2.24, 2.45) is 0 Å². The number of carbonyl (C=O) groups is 1. The average molecular weight is 272 g/mol. The predicted octanol–water partition coefficient (Wildman–Crippen LogP) is 4.01. The van der Waals surface area contributed by atoms with Crippen LogP contribution < -0.4 is 0 Å². The Morgan fingerprint density at radius 1 is 1.00 bits per heavy atom. The van der Waals surface area contributed by atoms with Gasteiger partial charge in [-0.25, -0.2) is 4.39 Å². The first kappa shape index (κ1) is 14.4. The van der Waals surface area contributed by atoms with Gasteiger partial charge < -0.3 is 4.74 Å². The van der Waals surface area contributed by atoms with Crippen molar-refractivity contribution in [3.8, 4) is 0 Å². The number of hydrogen-bond donors (Lipinski definition) is 0. The lowest BCUT2D eigenvalue weighted by Gasteiger charge is -2.04. The molecule has 0 unspecified atom stereocenters. The Labute approximate surface area is 118 Å². The van der Waals surface area contributed by atoms with Crippen molar-refractivity contribution in [3.63, 3.8) is 0 Å². The summed E-state index contributed by atoms with van der Waals surface area (Å²) in [5.41, 5.74) is 1.67. The van der Waals surface area contributed by atoms with Crippen molar-refractivity contribution < 1.29 is 13.9 Å². The van der Waals surface area contributed by atoms with Gasteiger partial charge in [-0.15, -0.1) is 0 Å². The second kappa shape index (κ2) is 7.56. The van der Waals surface area contributed by atoms with Crippen molar-refractivity contribution in [2.45, 2.75) is 19.4 Å². The number of hydrogen-bond acceptors (Lipinski definition) is 2. The molecule has 0 aliphatic carbocycles. The largest absolute Gasteiger partial charge is 0.377 e. The topological polar surface area (TPSA) is 26.3 Å². The van der Waals surface area contributed by atoms with Crippen LogP contribution in [0.4, 0.5) is 4.39 Å². The molecule has 0 atom stereocenters. The van der Waals surface area contributed by atoms with Crippen LogP contribution in [-0.2, 0) is 11.3 Å². The highest BCUT2D eigenvalue weighted by molar-refractivity contribution is 5.95. The van der Waals surface area contributed by atoms with Gasteiger partial charge in [-0.2, -0.15) is 0 Å². The molecule has 0 bridgehead atoms. The molecule has 0 heterocycles. The molecule has 3 heteroatoms. The summed E-state index contributed by atoms with van der Waals surface area (Å²) in [7, 11) is 0. The van der Waals surface area contributed by atoms with Crippen LogP contribution in [0.25, 0.3) is 0 Å². The van der Waals surface area contributed by atoms with Crippen LogP contribution in [0.3, 0.4) is 0 Å². The molecule has 0 aromatic heterocycles. The van der Waals surface area contributed by atoms with Crippen LogP contribution in [0.5, 0.6) is 0 Å². The van der Waals surface area contributed by atoms with E-state index in [0.717, 1.165) is 5.56 Å². The molecule has 0 amide bonds. The van der Waals surface area contributed by atoms with E-state index in [2.05, 4.69) is 0 Å². The van der Waals surface area contributed by atoms with E-state index in [0.29, 0.717) is 31.6 Å². The summed E-state index contributed by atoms with van der Waals surface area (Å²) in [6.07, 6.45) is 1.09. The van der Waals surface area contributed by atoms with Gasteiger partial charge in [0, 0.05) is 18.6 Å². The van der Waals surface area contributed by atoms with E-state index in [4.69, 9.17) is 4.74 Å². The van der Waals surface area contributed by atoms with Crippen LogP contribution in [0, 0.1) is 5.82 Å². The summed E-state index contributed by atoms with van der Waals surface area (Å²) < 4.78 is 18.2. The van der Waals surface area contributed by atoms with Crippen LogP contribution in [0.15, 0.2) is 54.6 Å². The van der Waals surface area contributed by atoms with Crippen LogP contribution in [0.2, 0.25) is 0 Å². The summed E-state index contributed by atoms with van der Waals surface area (Å²) in [5.74, 6) is -0.305. The molecule has 0 N–H and O–H groups in total. The first-order chi connectivity index (χ1) is 9.75. The Bertz CT molecular complexity index is 535. The highest BCUT2D eigenvalue weighted by Gasteiger charge is 2.05. The van der Waals surface area contributed by atoms with Gasteiger partial charge in [0.25, 0.3) is 0 Å². The van der Waals surface area contributed by atoms with Gasteiger partial charge in [0.2, 0.25) is 0 Å². The Morgan fingerprint density at radius 3 is 2.40 bits per heavy atom. The highest BCUT2D eigenvalue weighted by atomic mass is 19.1. The van der Waals surface area contributed by atoms with E-state index in [-0.39, 0.29) is 11.6 Å². The summed E-state index contributed by atoms with van der Waals surface area (Å²) in [5, 5.41) is 0. The maximum atomic E-state index is 12.7. The fourth-order valence-corrected chi connectivity index (χ4v) is 1.88. The molecule has 104 valence electrons. The second-order valence-electron chi connectivity index (χ2n) is 4.57. The first-order valence-corrected chi connectivity index (χ1v) is 6.66. The third-order valence-electron chi connectivity index (χ3n) is 2.97. The molecule has 2 aromatic rings. The zero-order valence-corrected chi connectivity index (χ0v) is 11.2. The zero-order chi connectivity index (χ0) is 14.2. The Hall–Kier alpha value is -2.00. The quantitative estimate of drug-likeness (QED) is 0.562. The van der Waals surface area contributed by atoms with Crippen molar-refractivity contribution in [2.75, 3.05) is 6.61 Å². The van der Waals surface area contributed by atoms with Gasteiger partial charge in [0.05, 0.1) is 6.61 Å². The number of rotatable bonds is 7. The van der Waals surface area contributed by atoms with Gasteiger partial charge in [0.1, 0.15) is 5.82 Å². The summed E-state index contributed by atoms with van der Waals surface area (Å²) in [6, 6.07) is 15.6. The Balaban J connectivity index is 1.66. The molecule has 0 fully saturated rings. The number of benzene rings is 2. The second-order valence-corrected chi connectivity index (χ2v) is 4.57. The lowest BCUT2D eigenvalue weighted by Crippen LogP contribution is -2.02. The van der Waals surface area contributed by atoms with Crippen LogP contribution >= 0.6 is 0 Å². The summed E-state index contributed by atoms with van der Waals surface area (Å²) >= 11 is 0. The normalized spacial score (nSPS) is 10.4. The van der Waals surface area contributed by atoms with Gasteiger partial charge in [-0.05, 0) is 36.2 Å². The molecule has 0 saturated heterocycles. The number of ketones is 1. The summed E-state index contributed by atoms with van der Waals surface area (Å²) in [4.78, 5) is 11.8. The molecule has 0 radical (unpaired) electrons. The summed E-state index contributed by atoms with van der Waals surface area (Å²) in [6.45, 7) is 1.10. The maximum Gasteiger partial charge on any atom is 0.162 e. The van der Waals surface area contributed by atoms with Gasteiger partial charge in [-0.1, -0.05) is 30.3 Å². The third-order valence-corrected chi connectivity index (χ3v) is 2.97. The molecule has 0 spiro atoms. The van der Waals surface area contributed by atoms with Gasteiger partial charge in [0.15, 0.2) is 5.78 Å². The van der Waals surface area contributed by atoms with E-state index >= 15 is 0 Å². The highest BCUT2D eigenvalue weighted by Crippen LogP contribution is 2.08. The van der Waals surface area contributed by atoms with E-state index in [9.17, 15) is 9.18 Å². The molecule has 2 rings (SSSR count). The minimum absolute atomic E-state index is 0.0216. The van der Waals surface area contributed by atoms with E-state index < -0.39 is 0 Å². The lowest BCUT2D eigenvalue weighted by molar-refractivity contribution is 0.0919. The standard InChI is InChI=1S/C17H17FO2/c18-16-10-8-15(9-11-16)17(19)7-4-12-20-13-14-5-2-1-3-6-14/h1-3,5-6,8-11H,4,7,12-13H2. The Kier molecular flexibility index (Phi) is 5.44. The van der Waals surface area contributed by atoms with E-state index in [1.54, 1.807) is 0 Å². The van der Waals surface area contributed by atoms with Crippen LogP contribution in [-0.4, -0.2) is 12.4 Å². The first-order valence-electron chi connectivity index (χ1n) is 6.66. The van der Waals surface area contributed by atoms with E-state index in [1.807, 2.05) is 30.3 Å². The van der Waals surface area contributed by atoms with Crippen molar-refractivity contribution in [1.29, 1.82) is 0 Å². The molecular formula is C17H17FO2. The van der Waals surface area contributed by atoms with Crippen molar-refractivity contribution >= 4 is 5.78 Å². The average Bonchev–Trinajstić information content (AvgIpc) is 2.48. The number of carbonyl (C=O) groups excluding carboxylic acids is 1. The monoisotopic (exact) mass is 272 g/mol. The van der Waals surface area contributed by atoms with Gasteiger partial charge >= 0.3 is 0 Å². The molecule has 2 nitrogen and oxygen atoms in total. The van der Waals surface area contributed by atoms with Crippen molar-refractivity contribution in [1.82, 2.24) is 0 Å². The van der Waals surface area contributed by atoms with Crippen molar-refractivity contribution in [3.05, 3.63) is 71.5 Å². The fraction of sp³-hybridized carbons (Fsp3) is 0.235. The molecule has 0 aliphatic heterocycles. The molecule has 0 aliphatic rings. The zero-order valence-electron chi connectivity index (χ0n) is 11.2. The number of Topliss-reactive ketones (excluding diaryl/α,β-unsaturated/α-hetero) is 1. The molecule has 20 heavy (non-hydrogen) atoms. The molecule has 0 saturated carbocycles. The SMILES string of the molecule is O=C(CCCOCc1ccccc1)c1ccc(F)cc1. The minimum Gasteiger partial charge on any atom is -0.377 e. The fourth-order valence-electron chi connectivity index (χ4n) is 1.88. The maximum absolute atomic E-state index is 12.7.